The Hall–Kier alpha value is -3.16. The lowest BCUT2D eigenvalue weighted by atomic mass is 10.1. The average molecular weight is 509 g/mol. The highest BCUT2D eigenvalue weighted by Gasteiger charge is 2.36. The second-order valence-corrected chi connectivity index (χ2v) is 9.57. The van der Waals surface area contributed by atoms with Gasteiger partial charge in [0.1, 0.15) is 17.7 Å². The topological polar surface area (TPSA) is 76.6 Å². The molecule has 1 aromatic heterocycles. The van der Waals surface area contributed by atoms with Gasteiger partial charge < -0.3 is 14.8 Å². The van der Waals surface area contributed by atoms with Crippen molar-refractivity contribution in [3.05, 3.63) is 70.0 Å². The van der Waals surface area contributed by atoms with Gasteiger partial charge in [0.25, 0.3) is 0 Å². The lowest BCUT2D eigenvalue weighted by Gasteiger charge is -2.25. The number of anilines is 1. The second kappa shape index (κ2) is 11.3. The third kappa shape index (κ3) is 5.47. The number of carbonyl (C=O) groups excluding carboxylic acids is 1. The first-order valence-electron chi connectivity index (χ1n) is 12.3. The predicted octanol–water partition coefficient (Wildman–Crippen LogP) is 5.11. The molecule has 1 aliphatic carbocycles. The van der Waals surface area contributed by atoms with Crippen LogP contribution in [0.25, 0.3) is 11.3 Å². The first-order valence-corrected chi connectivity index (χ1v) is 12.6. The molecule has 1 N–H and O–H groups in total. The van der Waals surface area contributed by atoms with Crippen LogP contribution in [0.3, 0.4) is 0 Å². The quantitative estimate of drug-likeness (QED) is 0.402. The van der Waals surface area contributed by atoms with E-state index in [1.807, 2.05) is 43.3 Å². The van der Waals surface area contributed by atoms with E-state index in [-0.39, 0.29) is 24.7 Å². The van der Waals surface area contributed by atoms with Gasteiger partial charge in [0.05, 0.1) is 41.8 Å². The molecule has 0 radical (unpaired) electrons. The van der Waals surface area contributed by atoms with Gasteiger partial charge in [0.2, 0.25) is 0 Å². The van der Waals surface area contributed by atoms with E-state index in [0.29, 0.717) is 35.9 Å². The highest BCUT2D eigenvalue weighted by Crippen LogP contribution is 2.38. The van der Waals surface area contributed by atoms with Gasteiger partial charge in [0.15, 0.2) is 0 Å². The molecule has 4 rings (SSSR count). The van der Waals surface area contributed by atoms with E-state index in [4.69, 9.17) is 31.0 Å². The molecule has 0 bridgehead atoms. The number of nitrogens with zero attached hydrogens (tertiary/aromatic N) is 3. The number of hydrogen-bond donors (Lipinski definition) is 1. The summed E-state index contributed by atoms with van der Waals surface area (Å²) >= 11 is 6.59. The minimum atomic E-state index is -0.331. The minimum absolute atomic E-state index is 0.216. The van der Waals surface area contributed by atoms with Crippen LogP contribution in [0, 0.1) is 0 Å². The third-order valence-corrected chi connectivity index (χ3v) is 6.66. The van der Waals surface area contributed by atoms with Gasteiger partial charge in [-0.25, -0.2) is 9.97 Å². The molecule has 36 heavy (non-hydrogen) atoms. The van der Waals surface area contributed by atoms with Gasteiger partial charge in [-0.1, -0.05) is 49.7 Å². The van der Waals surface area contributed by atoms with E-state index >= 15 is 0 Å². The number of carbonyl (C=O) groups is 1. The summed E-state index contributed by atoms with van der Waals surface area (Å²) in [5.41, 5.74) is 5.55. The molecule has 0 saturated carbocycles. The van der Waals surface area contributed by atoms with Crippen molar-refractivity contribution in [1.82, 2.24) is 14.9 Å². The van der Waals surface area contributed by atoms with Gasteiger partial charge >= 0.3 is 5.97 Å². The fraction of sp³-hybridized carbons (Fsp3) is 0.393. The van der Waals surface area contributed by atoms with Crippen LogP contribution in [-0.4, -0.2) is 54.7 Å². The van der Waals surface area contributed by atoms with Crippen molar-refractivity contribution in [3.63, 3.8) is 0 Å². The van der Waals surface area contributed by atoms with Crippen molar-refractivity contribution in [3.8, 4) is 17.0 Å². The first-order chi connectivity index (χ1) is 17.3. The number of hydrogen-bond acceptors (Lipinski definition) is 7. The molecule has 0 saturated heterocycles. The fourth-order valence-corrected chi connectivity index (χ4v) is 4.85. The first kappa shape index (κ1) is 25.9. The number of fused-ring (bicyclic) bond motifs is 1. The molecule has 0 spiro atoms. The number of aromatic nitrogens is 2. The van der Waals surface area contributed by atoms with Gasteiger partial charge in [-0.15, -0.1) is 0 Å². The van der Waals surface area contributed by atoms with E-state index in [2.05, 4.69) is 31.3 Å². The van der Waals surface area contributed by atoms with E-state index in [9.17, 15) is 4.79 Å². The maximum absolute atomic E-state index is 12.5. The SMILES string of the molecule is CCc1nc(-c2ccc(OC)cc2Cl)c(CC)nc1NC1c2ccccc2CC1OC(=O)CN(C)C. The van der Waals surface area contributed by atoms with Crippen molar-refractivity contribution in [2.45, 2.75) is 45.3 Å². The number of rotatable bonds is 9. The van der Waals surface area contributed by atoms with Crippen LogP contribution in [0.4, 0.5) is 5.82 Å². The molecule has 0 fully saturated rings. The summed E-state index contributed by atoms with van der Waals surface area (Å²) in [7, 11) is 5.32. The monoisotopic (exact) mass is 508 g/mol. The summed E-state index contributed by atoms with van der Waals surface area (Å²) in [6, 6.07) is 13.6. The zero-order valence-corrected chi connectivity index (χ0v) is 22.2. The summed E-state index contributed by atoms with van der Waals surface area (Å²) in [5.74, 6) is 1.15. The standard InChI is InChI=1S/C28H33ClN4O3/c1-6-22-26(20-13-12-18(35-5)15-21(20)29)30-23(7-2)28(31-22)32-27-19-11-9-8-10-17(19)14-24(27)36-25(34)16-33(3)4/h8-13,15,24,27H,6-7,14,16H2,1-5H3,(H,31,32). The molecule has 8 heteroatoms. The van der Waals surface area contributed by atoms with Gasteiger partial charge in [0, 0.05) is 12.0 Å². The van der Waals surface area contributed by atoms with Crippen LogP contribution in [0.5, 0.6) is 5.75 Å². The minimum Gasteiger partial charge on any atom is -0.497 e. The molecule has 7 nitrogen and oxygen atoms in total. The summed E-state index contributed by atoms with van der Waals surface area (Å²) in [6.07, 6.45) is 1.69. The van der Waals surface area contributed by atoms with Crippen LogP contribution in [-0.2, 0) is 28.8 Å². The lowest BCUT2D eigenvalue weighted by Crippen LogP contribution is -2.32. The van der Waals surface area contributed by atoms with Crippen LogP contribution in [0.1, 0.15) is 42.4 Å². The summed E-state index contributed by atoms with van der Waals surface area (Å²) in [5, 5.41) is 4.16. The average Bonchev–Trinajstić information content (AvgIpc) is 3.19. The second-order valence-electron chi connectivity index (χ2n) is 9.16. The van der Waals surface area contributed by atoms with Crippen molar-refractivity contribution in [1.29, 1.82) is 0 Å². The number of methoxy groups -OCH3 is 1. The van der Waals surface area contributed by atoms with Gasteiger partial charge in [-0.2, -0.15) is 0 Å². The molecule has 0 aliphatic heterocycles. The van der Waals surface area contributed by atoms with Crippen molar-refractivity contribution < 1.29 is 14.3 Å². The number of benzene rings is 2. The summed E-state index contributed by atoms with van der Waals surface area (Å²) in [6.45, 7) is 4.34. The van der Waals surface area contributed by atoms with Crippen LogP contribution in [0.2, 0.25) is 5.02 Å². The Bertz CT molecular complexity index is 1250. The molecular weight excluding hydrogens is 476 g/mol. The van der Waals surface area contributed by atoms with Crippen molar-refractivity contribution >= 4 is 23.4 Å². The lowest BCUT2D eigenvalue weighted by molar-refractivity contribution is -0.150. The molecular formula is C28H33ClN4O3. The normalized spacial score (nSPS) is 16.6. The number of aryl methyl sites for hydroxylation is 2. The zero-order chi connectivity index (χ0) is 25.8. The third-order valence-electron chi connectivity index (χ3n) is 6.34. The maximum Gasteiger partial charge on any atom is 0.320 e. The molecule has 3 aromatic rings. The number of nitrogens with one attached hydrogen (secondary N) is 1. The Kier molecular flexibility index (Phi) is 8.11. The van der Waals surface area contributed by atoms with Crippen LogP contribution < -0.4 is 10.1 Å². The van der Waals surface area contributed by atoms with Gasteiger partial charge in [-0.05, 0) is 56.3 Å². The predicted molar refractivity (Wildman–Crippen MR) is 143 cm³/mol. The van der Waals surface area contributed by atoms with Crippen LogP contribution in [0.15, 0.2) is 42.5 Å². The molecule has 1 heterocycles. The van der Waals surface area contributed by atoms with E-state index in [1.165, 1.54) is 5.56 Å². The Morgan fingerprint density at radius 1 is 1.11 bits per heavy atom. The van der Waals surface area contributed by atoms with Crippen molar-refractivity contribution in [2.75, 3.05) is 33.1 Å². The van der Waals surface area contributed by atoms with E-state index in [1.54, 1.807) is 13.2 Å². The molecule has 2 atom stereocenters. The van der Waals surface area contributed by atoms with E-state index < -0.39 is 0 Å². The maximum atomic E-state index is 12.5. The molecule has 1 aliphatic rings. The summed E-state index contributed by atoms with van der Waals surface area (Å²) in [4.78, 5) is 24.3. The highest BCUT2D eigenvalue weighted by molar-refractivity contribution is 6.33. The number of ether oxygens (including phenoxy) is 2. The van der Waals surface area contributed by atoms with Gasteiger partial charge in [-0.3, -0.25) is 9.69 Å². The molecule has 2 unspecified atom stereocenters. The molecule has 0 amide bonds. The Balaban J connectivity index is 1.70. The smallest absolute Gasteiger partial charge is 0.320 e. The molecule has 2 aromatic carbocycles. The number of halogens is 1. The number of likely N-dealkylation sites (N-methyl/N-ethyl adjacent to an activating group) is 1. The zero-order valence-electron chi connectivity index (χ0n) is 21.5. The molecule has 190 valence electrons. The Labute approximate surface area is 217 Å². The fourth-order valence-electron chi connectivity index (χ4n) is 4.59. The number of esters is 1. The highest BCUT2D eigenvalue weighted by atomic mass is 35.5. The Morgan fingerprint density at radius 3 is 2.53 bits per heavy atom. The van der Waals surface area contributed by atoms with Crippen molar-refractivity contribution in [2.24, 2.45) is 0 Å². The van der Waals surface area contributed by atoms with Crippen LogP contribution >= 0.6 is 11.6 Å². The summed E-state index contributed by atoms with van der Waals surface area (Å²) < 4.78 is 11.2. The largest absolute Gasteiger partial charge is 0.497 e. The van der Waals surface area contributed by atoms with E-state index in [0.717, 1.165) is 28.2 Å². The Morgan fingerprint density at radius 2 is 1.86 bits per heavy atom.